The lowest BCUT2D eigenvalue weighted by atomic mass is 10.2. The van der Waals surface area contributed by atoms with Gasteiger partial charge in [-0.1, -0.05) is 12.1 Å². The Hall–Kier alpha value is -1.85. The number of aromatic nitrogens is 2. The summed E-state index contributed by atoms with van der Waals surface area (Å²) in [6, 6.07) is 8.43. The Kier molecular flexibility index (Phi) is 5.04. The number of imidazole rings is 1. The maximum absolute atomic E-state index is 5.25. The third-order valence-corrected chi connectivity index (χ3v) is 5.46. The van der Waals surface area contributed by atoms with Gasteiger partial charge in [-0.3, -0.25) is 9.80 Å². The molecule has 4 rings (SSSR count). The van der Waals surface area contributed by atoms with E-state index >= 15 is 0 Å². The maximum atomic E-state index is 5.25. The van der Waals surface area contributed by atoms with Gasteiger partial charge in [0, 0.05) is 45.3 Å². The first kappa shape index (κ1) is 16.6. The average Bonchev–Trinajstić information content (AvgIpc) is 3.24. The predicted octanol–water partition coefficient (Wildman–Crippen LogP) is 2.55. The lowest BCUT2D eigenvalue weighted by Crippen LogP contribution is -2.27. The quantitative estimate of drug-likeness (QED) is 0.838. The molecule has 25 heavy (non-hydrogen) atoms. The largest absolute Gasteiger partial charge is 0.497 e. The molecule has 0 spiro atoms. The van der Waals surface area contributed by atoms with Gasteiger partial charge in [-0.25, -0.2) is 4.98 Å². The first-order chi connectivity index (χ1) is 12.3. The molecule has 0 aliphatic carbocycles. The summed E-state index contributed by atoms with van der Waals surface area (Å²) in [6.45, 7) is 7.75. The normalized spacial score (nSPS) is 18.9. The molecule has 0 bridgehead atoms. The fourth-order valence-electron chi connectivity index (χ4n) is 3.98. The highest BCUT2D eigenvalue weighted by molar-refractivity contribution is 5.27. The van der Waals surface area contributed by atoms with Crippen LogP contribution in [0, 0.1) is 0 Å². The summed E-state index contributed by atoms with van der Waals surface area (Å²) in [6.07, 6.45) is 5.83. The lowest BCUT2D eigenvalue weighted by molar-refractivity contribution is 0.268. The van der Waals surface area contributed by atoms with E-state index in [1.807, 2.05) is 12.1 Å². The molecule has 1 fully saturated rings. The van der Waals surface area contributed by atoms with E-state index in [9.17, 15) is 0 Å². The Morgan fingerprint density at radius 3 is 2.44 bits per heavy atom. The number of likely N-dealkylation sites (tertiary alicyclic amines) is 1. The Labute approximate surface area is 150 Å². The van der Waals surface area contributed by atoms with Crippen LogP contribution in [-0.4, -0.2) is 52.6 Å². The second kappa shape index (κ2) is 7.58. The number of ether oxygens (including phenoxy) is 1. The van der Waals surface area contributed by atoms with E-state index in [4.69, 9.17) is 9.72 Å². The van der Waals surface area contributed by atoms with Crippen molar-refractivity contribution in [2.24, 2.45) is 0 Å². The standard InChI is InChI=1S/C20H28N4O/c1-25-19-6-4-17(5-7-19)15-23-11-8-20-21-14-18(24(20)13-12-23)16-22-9-2-3-10-22/h4-7,14H,2-3,8-13,15-16H2,1H3. The van der Waals surface area contributed by atoms with Crippen molar-refractivity contribution < 1.29 is 4.74 Å². The molecule has 1 aromatic carbocycles. The van der Waals surface area contributed by atoms with Crippen molar-refractivity contribution in [2.75, 3.05) is 33.3 Å². The predicted molar refractivity (Wildman–Crippen MR) is 98.7 cm³/mol. The van der Waals surface area contributed by atoms with Crippen LogP contribution in [-0.2, 0) is 26.1 Å². The van der Waals surface area contributed by atoms with Crippen LogP contribution in [0.5, 0.6) is 5.75 Å². The smallest absolute Gasteiger partial charge is 0.118 e. The average molecular weight is 340 g/mol. The Morgan fingerprint density at radius 2 is 1.68 bits per heavy atom. The van der Waals surface area contributed by atoms with Gasteiger partial charge in [0.2, 0.25) is 0 Å². The molecule has 0 amide bonds. The summed E-state index contributed by atoms with van der Waals surface area (Å²) in [5.74, 6) is 2.18. The topological polar surface area (TPSA) is 33.5 Å². The Morgan fingerprint density at radius 1 is 0.920 bits per heavy atom. The van der Waals surface area contributed by atoms with Crippen molar-refractivity contribution in [1.29, 1.82) is 0 Å². The van der Waals surface area contributed by atoms with E-state index in [2.05, 4.69) is 32.7 Å². The van der Waals surface area contributed by atoms with Gasteiger partial charge in [0.25, 0.3) is 0 Å². The Bertz CT molecular complexity index is 688. The number of fused-ring (bicyclic) bond motifs is 1. The number of hydrogen-bond donors (Lipinski definition) is 0. The van der Waals surface area contributed by atoms with E-state index in [-0.39, 0.29) is 0 Å². The summed E-state index contributed by atoms with van der Waals surface area (Å²) in [4.78, 5) is 9.81. The fourth-order valence-corrected chi connectivity index (χ4v) is 3.98. The molecule has 5 nitrogen and oxygen atoms in total. The molecule has 0 unspecified atom stereocenters. The molecular formula is C20H28N4O. The van der Waals surface area contributed by atoms with Crippen molar-refractivity contribution >= 4 is 0 Å². The van der Waals surface area contributed by atoms with Crippen molar-refractivity contribution in [3.63, 3.8) is 0 Å². The SMILES string of the molecule is COc1ccc(CN2CCc3ncc(CN4CCCC4)n3CC2)cc1. The summed E-state index contributed by atoms with van der Waals surface area (Å²) in [5.41, 5.74) is 2.74. The van der Waals surface area contributed by atoms with Crippen LogP contribution in [0.2, 0.25) is 0 Å². The zero-order valence-corrected chi connectivity index (χ0v) is 15.2. The summed E-state index contributed by atoms with van der Waals surface area (Å²) >= 11 is 0. The van der Waals surface area contributed by atoms with Crippen LogP contribution < -0.4 is 4.74 Å². The van der Waals surface area contributed by atoms with Crippen LogP contribution in [0.3, 0.4) is 0 Å². The van der Waals surface area contributed by atoms with Gasteiger partial charge < -0.3 is 9.30 Å². The van der Waals surface area contributed by atoms with Gasteiger partial charge in [-0.15, -0.1) is 0 Å². The maximum Gasteiger partial charge on any atom is 0.118 e. The molecular weight excluding hydrogens is 312 g/mol. The molecule has 0 radical (unpaired) electrons. The van der Waals surface area contributed by atoms with Gasteiger partial charge in [0.15, 0.2) is 0 Å². The molecule has 2 aromatic rings. The highest BCUT2D eigenvalue weighted by Crippen LogP contribution is 2.18. The second-order valence-corrected chi connectivity index (χ2v) is 7.17. The number of hydrogen-bond acceptors (Lipinski definition) is 4. The molecule has 0 N–H and O–H groups in total. The highest BCUT2D eigenvalue weighted by Gasteiger charge is 2.20. The van der Waals surface area contributed by atoms with Gasteiger partial charge in [-0.2, -0.15) is 0 Å². The van der Waals surface area contributed by atoms with E-state index in [0.717, 1.165) is 44.9 Å². The van der Waals surface area contributed by atoms with Crippen LogP contribution >= 0.6 is 0 Å². The second-order valence-electron chi connectivity index (χ2n) is 7.17. The van der Waals surface area contributed by atoms with E-state index < -0.39 is 0 Å². The van der Waals surface area contributed by atoms with Gasteiger partial charge in [0.05, 0.1) is 12.8 Å². The third-order valence-electron chi connectivity index (χ3n) is 5.46. The molecule has 0 atom stereocenters. The summed E-state index contributed by atoms with van der Waals surface area (Å²) in [7, 11) is 1.71. The van der Waals surface area contributed by atoms with Crippen molar-refractivity contribution in [3.8, 4) is 5.75 Å². The van der Waals surface area contributed by atoms with Gasteiger partial charge in [0.1, 0.15) is 11.6 Å². The van der Waals surface area contributed by atoms with Crippen LogP contribution in [0.4, 0.5) is 0 Å². The number of nitrogens with zero attached hydrogens (tertiary/aromatic N) is 4. The zero-order valence-electron chi connectivity index (χ0n) is 15.2. The minimum absolute atomic E-state index is 0.923. The third kappa shape index (κ3) is 3.88. The molecule has 2 aliphatic heterocycles. The number of rotatable bonds is 5. The van der Waals surface area contributed by atoms with Crippen LogP contribution in [0.25, 0.3) is 0 Å². The van der Waals surface area contributed by atoms with Crippen molar-refractivity contribution in [2.45, 2.75) is 38.9 Å². The lowest BCUT2D eigenvalue weighted by Gasteiger charge is -2.20. The van der Waals surface area contributed by atoms with Crippen LogP contribution in [0.1, 0.15) is 29.9 Å². The van der Waals surface area contributed by atoms with Crippen molar-refractivity contribution in [1.82, 2.24) is 19.4 Å². The first-order valence-corrected chi connectivity index (χ1v) is 9.43. The van der Waals surface area contributed by atoms with E-state index in [0.29, 0.717) is 0 Å². The molecule has 3 heterocycles. The first-order valence-electron chi connectivity index (χ1n) is 9.43. The van der Waals surface area contributed by atoms with Crippen LogP contribution in [0.15, 0.2) is 30.5 Å². The zero-order chi connectivity index (χ0) is 17.1. The minimum Gasteiger partial charge on any atom is -0.497 e. The molecule has 134 valence electrons. The van der Waals surface area contributed by atoms with Crippen molar-refractivity contribution in [3.05, 3.63) is 47.5 Å². The highest BCUT2D eigenvalue weighted by atomic mass is 16.5. The minimum atomic E-state index is 0.923. The molecule has 1 saturated heterocycles. The summed E-state index contributed by atoms with van der Waals surface area (Å²) < 4.78 is 7.71. The monoisotopic (exact) mass is 340 g/mol. The van der Waals surface area contributed by atoms with E-state index in [1.54, 1.807) is 7.11 Å². The molecule has 2 aliphatic rings. The Balaban J connectivity index is 1.38. The number of methoxy groups -OCH3 is 1. The molecule has 1 aromatic heterocycles. The number of benzene rings is 1. The van der Waals surface area contributed by atoms with Gasteiger partial charge in [-0.05, 0) is 43.6 Å². The van der Waals surface area contributed by atoms with E-state index in [1.165, 1.54) is 43.0 Å². The fraction of sp³-hybridized carbons (Fsp3) is 0.550. The van der Waals surface area contributed by atoms with Gasteiger partial charge >= 0.3 is 0 Å². The summed E-state index contributed by atoms with van der Waals surface area (Å²) in [5, 5.41) is 0. The molecule has 5 heteroatoms. The molecule has 0 saturated carbocycles.